The van der Waals surface area contributed by atoms with Gasteiger partial charge in [-0.2, -0.15) is 0 Å². The Morgan fingerprint density at radius 1 is 1.13 bits per heavy atom. The second kappa shape index (κ2) is 7.45. The quantitative estimate of drug-likeness (QED) is 0.638. The number of hydrogen-bond acceptors (Lipinski definition) is 3. The molecule has 1 fully saturated rings. The Hall–Kier alpha value is -2.09. The summed E-state index contributed by atoms with van der Waals surface area (Å²) in [6.07, 6.45) is 0.641. The predicted molar refractivity (Wildman–Crippen MR) is 76.8 cm³/mol. The van der Waals surface area contributed by atoms with E-state index in [1.807, 2.05) is 0 Å². The zero-order chi connectivity index (χ0) is 17.0. The Morgan fingerprint density at radius 2 is 1.74 bits per heavy atom. The van der Waals surface area contributed by atoms with Crippen molar-refractivity contribution < 1.29 is 22.8 Å². The minimum Gasteiger partial charge on any atom is -0.342 e. The van der Waals surface area contributed by atoms with Crippen LogP contribution in [0, 0.1) is 17.5 Å². The molecular weight excluding hydrogens is 311 g/mol. The van der Waals surface area contributed by atoms with Crippen molar-refractivity contribution in [2.75, 3.05) is 26.2 Å². The van der Waals surface area contributed by atoms with Crippen LogP contribution in [-0.4, -0.2) is 54.3 Å². The number of carbonyl (C=O) groups is 2. The van der Waals surface area contributed by atoms with Crippen LogP contribution in [0.25, 0.3) is 0 Å². The van der Waals surface area contributed by atoms with Crippen LogP contribution in [0.4, 0.5) is 13.2 Å². The lowest BCUT2D eigenvalue weighted by Crippen LogP contribution is -2.49. The first kappa shape index (κ1) is 17.3. The van der Waals surface area contributed by atoms with E-state index in [-0.39, 0.29) is 24.3 Å². The number of nitrogens with two attached hydrogens (primary N) is 1. The van der Waals surface area contributed by atoms with E-state index in [0.29, 0.717) is 32.2 Å². The number of piperazine rings is 1. The summed E-state index contributed by atoms with van der Waals surface area (Å²) >= 11 is 0. The summed E-state index contributed by atoms with van der Waals surface area (Å²) < 4.78 is 39.6. The molecule has 0 aliphatic carbocycles. The van der Waals surface area contributed by atoms with Gasteiger partial charge in [0.1, 0.15) is 5.82 Å². The molecule has 23 heavy (non-hydrogen) atoms. The third-order valence-electron chi connectivity index (χ3n) is 3.82. The van der Waals surface area contributed by atoms with Crippen LogP contribution in [-0.2, 0) is 16.0 Å². The lowest BCUT2D eigenvalue weighted by molar-refractivity contribution is -0.135. The summed E-state index contributed by atoms with van der Waals surface area (Å²) in [7, 11) is 0. The SMILES string of the molecule is NC(CC(=O)N1CCN(C=O)CC1)Cc1cc(F)c(F)cc1F. The van der Waals surface area contributed by atoms with Crippen molar-refractivity contribution >= 4 is 12.3 Å². The molecule has 2 rings (SSSR count). The normalized spacial score (nSPS) is 16.3. The van der Waals surface area contributed by atoms with Crippen molar-refractivity contribution in [3.8, 4) is 0 Å². The molecule has 0 spiro atoms. The van der Waals surface area contributed by atoms with Gasteiger partial charge in [-0.1, -0.05) is 0 Å². The first-order chi connectivity index (χ1) is 10.9. The van der Waals surface area contributed by atoms with Crippen molar-refractivity contribution in [2.24, 2.45) is 5.73 Å². The van der Waals surface area contributed by atoms with E-state index in [1.54, 1.807) is 9.80 Å². The van der Waals surface area contributed by atoms with Gasteiger partial charge in [-0.25, -0.2) is 13.2 Å². The number of halogens is 3. The highest BCUT2D eigenvalue weighted by molar-refractivity contribution is 5.77. The summed E-state index contributed by atoms with van der Waals surface area (Å²) in [5.41, 5.74) is 5.77. The molecule has 2 amide bonds. The fourth-order valence-corrected chi connectivity index (χ4v) is 2.50. The van der Waals surface area contributed by atoms with Gasteiger partial charge < -0.3 is 15.5 Å². The predicted octanol–water partition coefficient (Wildman–Crippen LogP) is 0.664. The first-order valence-corrected chi connectivity index (χ1v) is 7.27. The van der Waals surface area contributed by atoms with E-state index in [0.717, 1.165) is 12.5 Å². The van der Waals surface area contributed by atoms with Crippen LogP contribution in [0.2, 0.25) is 0 Å². The first-order valence-electron chi connectivity index (χ1n) is 7.27. The van der Waals surface area contributed by atoms with E-state index in [9.17, 15) is 22.8 Å². The van der Waals surface area contributed by atoms with Crippen LogP contribution in [0.1, 0.15) is 12.0 Å². The number of hydrogen-bond donors (Lipinski definition) is 1. The van der Waals surface area contributed by atoms with Gasteiger partial charge in [0, 0.05) is 44.7 Å². The van der Waals surface area contributed by atoms with Gasteiger partial charge in [-0.05, 0) is 18.1 Å². The van der Waals surface area contributed by atoms with Gasteiger partial charge in [0.2, 0.25) is 12.3 Å². The fourth-order valence-electron chi connectivity index (χ4n) is 2.50. The van der Waals surface area contributed by atoms with Gasteiger partial charge >= 0.3 is 0 Å². The molecule has 1 aromatic rings. The molecule has 0 bridgehead atoms. The third-order valence-corrected chi connectivity index (χ3v) is 3.82. The highest BCUT2D eigenvalue weighted by Crippen LogP contribution is 2.16. The smallest absolute Gasteiger partial charge is 0.224 e. The Labute approximate surface area is 131 Å². The molecule has 2 N–H and O–H groups in total. The van der Waals surface area contributed by atoms with Crippen molar-refractivity contribution in [1.82, 2.24) is 9.80 Å². The lowest BCUT2D eigenvalue weighted by Gasteiger charge is -2.33. The molecular formula is C15H18F3N3O2. The molecule has 0 aromatic heterocycles. The Balaban J connectivity index is 1.89. The van der Waals surface area contributed by atoms with Gasteiger partial charge in [0.25, 0.3) is 0 Å². The second-order valence-electron chi connectivity index (χ2n) is 5.55. The number of amides is 2. The molecule has 126 valence electrons. The largest absolute Gasteiger partial charge is 0.342 e. The monoisotopic (exact) mass is 329 g/mol. The molecule has 5 nitrogen and oxygen atoms in total. The van der Waals surface area contributed by atoms with E-state index in [2.05, 4.69) is 0 Å². The molecule has 0 saturated carbocycles. The second-order valence-corrected chi connectivity index (χ2v) is 5.55. The highest BCUT2D eigenvalue weighted by Gasteiger charge is 2.22. The molecule has 1 aliphatic heterocycles. The fraction of sp³-hybridized carbons (Fsp3) is 0.467. The molecule has 8 heteroatoms. The topological polar surface area (TPSA) is 66.6 Å². The van der Waals surface area contributed by atoms with E-state index >= 15 is 0 Å². The van der Waals surface area contributed by atoms with Crippen LogP contribution < -0.4 is 5.73 Å². The van der Waals surface area contributed by atoms with Crippen molar-refractivity contribution in [3.05, 3.63) is 35.1 Å². The van der Waals surface area contributed by atoms with Crippen LogP contribution in [0.15, 0.2) is 12.1 Å². The molecule has 1 unspecified atom stereocenters. The molecule has 1 atom stereocenters. The standard InChI is InChI=1S/C15H18F3N3O2/c16-12-8-14(18)13(17)6-10(12)5-11(19)7-15(23)21-3-1-20(9-22)2-4-21/h6,8-9,11H,1-5,7,19H2. The number of rotatable bonds is 5. The third kappa shape index (κ3) is 4.44. The number of benzene rings is 1. The maximum atomic E-state index is 13.6. The summed E-state index contributed by atoms with van der Waals surface area (Å²) in [6, 6.07) is 0.529. The lowest BCUT2D eigenvalue weighted by atomic mass is 10.0. The van der Waals surface area contributed by atoms with E-state index in [1.165, 1.54) is 0 Å². The van der Waals surface area contributed by atoms with Gasteiger partial charge in [0.15, 0.2) is 11.6 Å². The minimum atomic E-state index is -1.26. The Kier molecular flexibility index (Phi) is 5.59. The van der Waals surface area contributed by atoms with E-state index in [4.69, 9.17) is 5.73 Å². The van der Waals surface area contributed by atoms with Crippen molar-refractivity contribution in [3.63, 3.8) is 0 Å². The maximum absolute atomic E-state index is 13.6. The molecule has 1 heterocycles. The van der Waals surface area contributed by atoms with Crippen LogP contribution in [0.3, 0.4) is 0 Å². The zero-order valence-electron chi connectivity index (χ0n) is 12.5. The number of carbonyl (C=O) groups excluding carboxylic acids is 2. The van der Waals surface area contributed by atoms with E-state index < -0.39 is 23.5 Å². The maximum Gasteiger partial charge on any atom is 0.224 e. The summed E-state index contributed by atoms with van der Waals surface area (Å²) in [5.74, 6) is -3.49. The molecule has 1 aromatic carbocycles. The summed E-state index contributed by atoms with van der Waals surface area (Å²) in [5, 5.41) is 0. The van der Waals surface area contributed by atoms with Crippen LogP contribution >= 0.6 is 0 Å². The highest BCUT2D eigenvalue weighted by atomic mass is 19.2. The minimum absolute atomic E-state index is 0.0282. The molecule has 1 saturated heterocycles. The summed E-state index contributed by atoms with van der Waals surface area (Å²) in [6.45, 7) is 1.76. The average molecular weight is 329 g/mol. The molecule has 1 aliphatic rings. The van der Waals surface area contributed by atoms with Crippen molar-refractivity contribution in [2.45, 2.75) is 18.9 Å². The Morgan fingerprint density at radius 3 is 2.35 bits per heavy atom. The Bertz CT molecular complexity index is 590. The zero-order valence-corrected chi connectivity index (χ0v) is 12.5. The number of nitrogens with zero attached hydrogens (tertiary/aromatic N) is 2. The van der Waals surface area contributed by atoms with Crippen LogP contribution in [0.5, 0.6) is 0 Å². The van der Waals surface area contributed by atoms with Gasteiger partial charge in [0.05, 0.1) is 0 Å². The van der Waals surface area contributed by atoms with Gasteiger partial charge in [-0.15, -0.1) is 0 Å². The van der Waals surface area contributed by atoms with Gasteiger partial charge in [-0.3, -0.25) is 9.59 Å². The summed E-state index contributed by atoms with van der Waals surface area (Å²) in [4.78, 5) is 25.9. The molecule has 0 radical (unpaired) electrons. The van der Waals surface area contributed by atoms with Crippen molar-refractivity contribution in [1.29, 1.82) is 0 Å². The average Bonchev–Trinajstić information content (AvgIpc) is 2.52.